The van der Waals surface area contributed by atoms with Gasteiger partial charge in [0.2, 0.25) is 0 Å². The van der Waals surface area contributed by atoms with Crippen molar-refractivity contribution in [3.8, 4) is 0 Å². The van der Waals surface area contributed by atoms with E-state index < -0.39 is 0 Å². The van der Waals surface area contributed by atoms with Crippen LogP contribution in [0.5, 0.6) is 0 Å². The summed E-state index contributed by atoms with van der Waals surface area (Å²) >= 11 is 0. The number of aryl methyl sites for hydroxylation is 8. The molecule has 3 heterocycles. The van der Waals surface area contributed by atoms with Crippen molar-refractivity contribution in [3.63, 3.8) is 0 Å². The summed E-state index contributed by atoms with van der Waals surface area (Å²) in [5.41, 5.74) is 33.0. The van der Waals surface area contributed by atoms with Crippen LogP contribution in [0.3, 0.4) is 0 Å². The van der Waals surface area contributed by atoms with Crippen molar-refractivity contribution in [2.75, 3.05) is 298 Å². The number of aliphatic imine (C=N–C) groups is 8. The summed E-state index contributed by atoms with van der Waals surface area (Å²) in [7, 11) is 80.9. The van der Waals surface area contributed by atoms with Gasteiger partial charge in [0.05, 0.1) is 53.7 Å². The lowest BCUT2D eigenvalue weighted by molar-refractivity contribution is 0.402. The summed E-state index contributed by atoms with van der Waals surface area (Å²) in [6.07, 6.45) is 17.4. The molecule has 0 fully saturated rings. The highest BCUT2D eigenvalue weighted by atomic mass is 15.2. The molecule has 0 saturated carbocycles. The van der Waals surface area contributed by atoms with Crippen LogP contribution in [-0.2, 0) is 20.6 Å². The first-order valence-corrected chi connectivity index (χ1v) is 49.9. The van der Waals surface area contributed by atoms with Crippen molar-refractivity contribution in [2.24, 2.45) is 77.0 Å². The molecule has 0 bridgehead atoms. The van der Waals surface area contributed by atoms with E-state index in [1.54, 1.807) is 86.8 Å². The zero-order chi connectivity index (χ0) is 120. The molecule has 0 atom stereocenters. The number of aromatic nitrogens is 5. The molecule has 8 rings (SSSR count). The Balaban J connectivity index is -0.0000000890. The zero-order valence-electron chi connectivity index (χ0n) is 107. The van der Waals surface area contributed by atoms with Gasteiger partial charge in [-0.05, 0) is 296 Å². The Labute approximate surface area is 914 Å². The minimum absolute atomic E-state index is 0. The molecule has 860 valence electrons. The number of nitrogens with one attached hydrogen (secondary N) is 3. The molecule has 8 aromatic rings. The van der Waals surface area contributed by atoms with Crippen LogP contribution in [0.25, 0.3) is 0 Å². The summed E-state index contributed by atoms with van der Waals surface area (Å²) < 4.78 is 3.81. The maximum absolute atomic E-state index is 5.35. The Morgan fingerprint density at radius 3 is 0.892 bits per heavy atom. The second-order valence-corrected chi connectivity index (χ2v) is 36.2. The molecule has 0 unspecified atom stereocenters. The summed E-state index contributed by atoms with van der Waals surface area (Å²) in [6.45, 7) is 42.5. The van der Waals surface area contributed by atoms with E-state index in [-0.39, 0.29) is 5.54 Å². The number of pyridine rings is 1. The first-order valence-electron chi connectivity index (χ1n) is 49.9. The van der Waals surface area contributed by atoms with E-state index >= 15 is 0 Å². The Kier molecular flexibility index (Phi) is 148. The summed E-state index contributed by atoms with van der Waals surface area (Å²) in [5.74, 6) is 5.83. The van der Waals surface area contributed by atoms with Crippen LogP contribution < -0.4 is 48.7 Å². The van der Waals surface area contributed by atoms with Crippen LogP contribution in [-0.4, -0.2) is 421 Å². The number of para-hydroxylation sites is 1. The van der Waals surface area contributed by atoms with E-state index in [0.29, 0.717) is 11.9 Å². The lowest BCUT2D eigenvalue weighted by Crippen LogP contribution is -2.26. The van der Waals surface area contributed by atoms with E-state index in [4.69, 9.17) is 11.5 Å². The van der Waals surface area contributed by atoms with Crippen molar-refractivity contribution >= 4 is 64.6 Å². The molecule has 0 radical (unpaired) electrons. The fourth-order valence-electron chi connectivity index (χ4n) is 7.13. The topological polar surface area (TPSA) is 326 Å². The Morgan fingerprint density at radius 1 is 0.419 bits per heavy atom. The van der Waals surface area contributed by atoms with Crippen molar-refractivity contribution in [2.45, 2.75) is 163 Å². The first-order chi connectivity index (χ1) is 68.8. The molecule has 32 heteroatoms. The number of amidine groups is 6. The number of rotatable bonds is 10. The molecule has 0 aliphatic carbocycles. The van der Waals surface area contributed by atoms with Gasteiger partial charge in [-0.3, -0.25) is 34.9 Å². The number of nitrogens with two attached hydrogens (primary N) is 4. The lowest BCUT2D eigenvalue weighted by Gasteiger charge is -2.15. The highest BCUT2D eigenvalue weighted by molar-refractivity contribution is 5.98. The van der Waals surface area contributed by atoms with Crippen LogP contribution in [0, 0.1) is 41.5 Å². The third-order valence-electron chi connectivity index (χ3n) is 15.9. The molecular weight excluding hydrogens is 1840 g/mol. The maximum Gasteiger partial charge on any atom is 0.130 e. The number of imidazole rings is 2. The number of hydrogen-bond acceptors (Lipinski definition) is 23. The van der Waals surface area contributed by atoms with Gasteiger partial charge in [0.25, 0.3) is 0 Å². The molecule has 11 N–H and O–H groups in total. The monoisotopic (exact) mass is 2080 g/mol. The lowest BCUT2D eigenvalue weighted by atomic mass is 10.1. The number of benzene rings is 5. The smallest absolute Gasteiger partial charge is 0.130 e. The van der Waals surface area contributed by atoms with E-state index in [1.165, 1.54) is 58.9 Å². The predicted octanol–water partition coefficient (Wildman–Crippen LogP) is 18.2. The van der Waals surface area contributed by atoms with Crippen LogP contribution >= 0.6 is 0 Å². The quantitative estimate of drug-likeness (QED) is 0.0494. The Hall–Kier alpha value is -11.2. The third kappa shape index (κ3) is 168. The number of nitrogens with zero attached hydrogens (tertiary/aromatic N) is 25. The summed E-state index contributed by atoms with van der Waals surface area (Å²) in [6, 6.07) is 48.6. The second-order valence-electron chi connectivity index (χ2n) is 36.2. The number of anilines is 2. The van der Waals surface area contributed by atoms with Crippen LogP contribution in [0.1, 0.15) is 148 Å². The SMILES string of the molecule is CC.CC(=Nc1ccc(C)cc1)N(C)C.CC(C)(C)N.CCC=NC.CCN(C)C.CN.CN.CN(C)C.CN(C)C.CN(C)c1ccccc1.CN=C(C)N.CN=C(C)N(C)C.CN=C(C)N(C)C.CN=C(C)N(C)C.CN=C(c1ccc(C)cc1)N(C)C.CN=CN(C)C.CNC.CNC.CNC(C)C.Cc1ccc(CN(C)C)cc1.Cc1ccc(N(C)C)cc1.Cc1ccncc1.Cc1cn(C)cn1.Cn1ccnc1. The molecule has 0 aliphatic rings. The van der Waals surface area contributed by atoms with Gasteiger partial charge in [0.1, 0.15) is 11.7 Å². The molecule has 5 aromatic carbocycles. The standard InChI is InChI=1S/2C11H16N2.C10H15N.C9H13N.C8H11N.C6H7N.C5H8N2.3C5H12N2.C4H6N2.C4H10N2.3C4H11N.C4H9N.C3H8N2.2C3H9N.2C2H7N.C2H6.2CH5N/c1-9-5-7-10(8-6-9)11(12-2)13(3)4;1-9-5-7-11(8-6-9)12-10(2)13(3)4;1-9-4-6-10(7-5-9)8-11(2)3;1-8-4-6-9(7-5-8)10(2)3;1-9(2)8-6-4-3-5-7-8;1-6-2-4-7-5-3-6;1-5-3-7(2)4-6-5;3*1-5(6-2)7(3)4;1-6-3-2-5-4-6;1-5-4-6(2)3;1-4-5(2)3;1-4(2)5-3;1-4(2,3)5;1-3-4-5-2;1-3(4)5-2;2*1-4(2)3;2*1-3-2;3*1-2/h2*5-8H,1-4H3;4-7H,8H2,1-3H3;4-7H,1-3H3;3-7H,1-2H3;2-5H,1H3;3-4H,1-2H3;3*1-4H3;2-4H,1H3;4H,1-3H3;4H2,1-3H3;4-5H,1-3H3;5H2,1-3H3;4H,3H2,1-2H3;1-2H3,(H2,4,5);2*1-3H3;2*3H,1-2H3;1-2H3;2*2H2,1H3. The van der Waals surface area contributed by atoms with Crippen molar-refractivity contribution in [3.05, 3.63) is 228 Å². The maximum atomic E-state index is 5.35. The van der Waals surface area contributed by atoms with E-state index in [2.05, 4.69) is 283 Å². The zero-order valence-corrected chi connectivity index (χ0v) is 107. The van der Waals surface area contributed by atoms with Gasteiger partial charge in [-0.15, -0.1) is 0 Å². The predicted molar refractivity (Wildman–Crippen MR) is 677 cm³/mol. The van der Waals surface area contributed by atoms with Gasteiger partial charge in [0, 0.05) is 242 Å². The average Bonchev–Trinajstić information content (AvgIpc) is 1.21. The normalized spacial score (nSPS) is 9.93. The van der Waals surface area contributed by atoms with Crippen LogP contribution in [0.2, 0.25) is 0 Å². The highest BCUT2D eigenvalue weighted by Crippen LogP contribution is 2.14. The average molecular weight is 2080 g/mol. The third-order valence-corrected chi connectivity index (χ3v) is 15.9. The molecule has 0 aliphatic heterocycles. The van der Waals surface area contributed by atoms with Gasteiger partial charge in [-0.2, -0.15) is 0 Å². The van der Waals surface area contributed by atoms with E-state index in [1.807, 2.05) is 397 Å². The molecule has 3 aromatic heterocycles. The van der Waals surface area contributed by atoms with E-state index in [0.717, 1.165) is 65.6 Å². The van der Waals surface area contributed by atoms with Crippen molar-refractivity contribution < 1.29 is 0 Å². The fraction of sp³-hybridized carbons (Fsp3) is 0.578. The van der Waals surface area contributed by atoms with E-state index in [9.17, 15) is 0 Å². The van der Waals surface area contributed by atoms with Gasteiger partial charge < -0.3 is 112 Å². The largest absolute Gasteiger partial charge is 0.388 e. The molecule has 0 saturated heterocycles. The molecule has 0 amide bonds. The Morgan fingerprint density at radius 2 is 0.730 bits per heavy atom. The minimum Gasteiger partial charge on any atom is -0.388 e. The molecule has 148 heavy (non-hydrogen) atoms. The number of hydrogen-bond donors (Lipinski definition) is 7. The van der Waals surface area contributed by atoms with Crippen molar-refractivity contribution in [1.82, 2.24) is 89.0 Å². The molecule has 0 spiro atoms. The molecular formula is C116H236N32. The van der Waals surface area contributed by atoms with Gasteiger partial charge in [-0.25, -0.2) is 15.0 Å². The molecule has 32 nitrogen and oxygen atoms in total. The Bertz CT molecular complexity index is 4040. The van der Waals surface area contributed by atoms with Crippen LogP contribution in [0.15, 0.2) is 223 Å². The van der Waals surface area contributed by atoms with Gasteiger partial charge >= 0.3 is 0 Å². The second kappa shape index (κ2) is 126. The van der Waals surface area contributed by atoms with Gasteiger partial charge in [0.15, 0.2) is 0 Å². The summed E-state index contributed by atoms with van der Waals surface area (Å²) in [5, 5.41) is 8.53. The minimum atomic E-state index is 0. The van der Waals surface area contributed by atoms with Crippen LogP contribution in [0.4, 0.5) is 17.1 Å². The fourth-order valence-corrected chi connectivity index (χ4v) is 7.13. The van der Waals surface area contributed by atoms with Gasteiger partial charge in [-0.1, -0.05) is 155 Å². The highest BCUT2D eigenvalue weighted by Gasteiger charge is 2.04. The first kappa shape index (κ1) is 173. The van der Waals surface area contributed by atoms with Crippen molar-refractivity contribution in [1.29, 1.82) is 0 Å². The summed E-state index contributed by atoms with van der Waals surface area (Å²) in [4.78, 5) is 67.4.